The van der Waals surface area contributed by atoms with Crippen molar-refractivity contribution in [1.29, 1.82) is 0 Å². The zero-order valence-electron chi connectivity index (χ0n) is 17.2. The number of alkyl halides is 2. The molecular formula is C20H32F2N4O2. The van der Waals surface area contributed by atoms with Gasteiger partial charge in [-0.25, -0.2) is 0 Å². The summed E-state index contributed by atoms with van der Waals surface area (Å²) in [6.45, 7) is 5.17. The predicted molar refractivity (Wildman–Crippen MR) is 107 cm³/mol. The average Bonchev–Trinajstić information content (AvgIpc) is 2.66. The van der Waals surface area contributed by atoms with Crippen LogP contribution in [0.1, 0.15) is 32.3 Å². The number of aliphatic imine (C=N–C) groups is 1. The molecule has 1 aliphatic rings. The minimum atomic E-state index is -2.89. The van der Waals surface area contributed by atoms with Crippen LogP contribution in [0.25, 0.3) is 0 Å². The second-order valence-electron chi connectivity index (χ2n) is 7.39. The van der Waals surface area contributed by atoms with Crippen molar-refractivity contribution >= 4 is 5.96 Å². The largest absolute Gasteiger partial charge is 0.497 e. The van der Waals surface area contributed by atoms with Gasteiger partial charge >= 0.3 is 6.61 Å². The van der Waals surface area contributed by atoms with Crippen LogP contribution >= 0.6 is 0 Å². The maximum Gasteiger partial charge on any atom is 0.387 e. The van der Waals surface area contributed by atoms with Crippen LogP contribution in [0.3, 0.4) is 0 Å². The highest BCUT2D eigenvalue weighted by atomic mass is 19.3. The maximum atomic E-state index is 12.7. The number of benzene rings is 1. The normalized spacial score (nSPS) is 16.5. The van der Waals surface area contributed by atoms with E-state index in [0.29, 0.717) is 35.8 Å². The molecule has 0 atom stereocenters. The Morgan fingerprint density at radius 1 is 1.29 bits per heavy atom. The summed E-state index contributed by atoms with van der Waals surface area (Å²) in [6.07, 6.45) is 2.10. The molecule has 1 fully saturated rings. The highest BCUT2D eigenvalue weighted by Crippen LogP contribution is 2.26. The summed E-state index contributed by atoms with van der Waals surface area (Å²) in [5, 5.41) is 6.62. The lowest BCUT2D eigenvalue weighted by molar-refractivity contribution is -0.0505. The number of hydrogen-bond acceptors (Lipinski definition) is 4. The summed E-state index contributed by atoms with van der Waals surface area (Å²) in [5.41, 5.74) is 0.607. The molecule has 0 unspecified atom stereocenters. The first-order chi connectivity index (χ1) is 13.4. The first-order valence-corrected chi connectivity index (χ1v) is 9.72. The minimum Gasteiger partial charge on any atom is -0.497 e. The van der Waals surface area contributed by atoms with Crippen LogP contribution in [0.4, 0.5) is 8.78 Å². The van der Waals surface area contributed by atoms with Gasteiger partial charge in [-0.1, -0.05) is 13.8 Å². The van der Waals surface area contributed by atoms with E-state index >= 15 is 0 Å². The standard InChI is InChI=1S/C20H32F2N4O2/c1-14(2)13-26-9-7-16(8-10-26)25-20(23-3)24-12-15-5-6-17(27-4)11-18(15)28-19(21)22/h5-6,11,14,16,19H,7-10,12-13H2,1-4H3,(H2,23,24,25). The van der Waals surface area contributed by atoms with Crippen molar-refractivity contribution in [2.75, 3.05) is 33.8 Å². The molecule has 0 aliphatic carbocycles. The van der Waals surface area contributed by atoms with Gasteiger partial charge < -0.3 is 25.0 Å². The Balaban J connectivity index is 1.89. The van der Waals surface area contributed by atoms with Crippen LogP contribution < -0.4 is 20.1 Å². The molecule has 6 nitrogen and oxygen atoms in total. The third-order valence-electron chi connectivity index (χ3n) is 4.71. The van der Waals surface area contributed by atoms with E-state index in [-0.39, 0.29) is 5.75 Å². The maximum absolute atomic E-state index is 12.7. The smallest absolute Gasteiger partial charge is 0.387 e. The van der Waals surface area contributed by atoms with Gasteiger partial charge in [-0.3, -0.25) is 4.99 Å². The number of hydrogen-bond donors (Lipinski definition) is 2. The van der Waals surface area contributed by atoms with Crippen LogP contribution in [0.5, 0.6) is 11.5 Å². The van der Waals surface area contributed by atoms with E-state index in [2.05, 4.69) is 39.1 Å². The van der Waals surface area contributed by atoms with Crippen molar-refractivity contribution < 1.29 is 18.3 Å². The third-order valence-corrected chi connectivity index (χ3v) is 4.71. The van der Waals surface area contributed by atoms with Crippen molar-refractivity contribution in [1.82, 2.24) is 15.5 Å². The highest BCUT2D eigenvalue weighted by Gasteiger charge is 2.20. The molecule has 1 aliphatic heterocycles. The van der Waals surface area contributed by atoms with E-state index < -0.39 is 6.61 Å². The Hall–Kier alpha value is -2.09. The van der Waals surface area contributed by atoms with E-state index in [9.17, 15) is 8.78 Å². The van der Waals surface area contributed by atoms with E-state index in [1.165, 1.54) is 13.2 Å². The zero-order valence-corrected chi connectivity index (χ0v) is 17.2. The van der Waals surface area contributed by atoms with Crippen molar-refractivity contribution in [3.8, 4) is 11.5 Å². The van der Waals surface area contributed by atoms with Gasteiger partial charge in [0.1, 0.15) is 11.5 Å². The van der Waals surface area contributed by atoms with E-state index in [1.54, 1.807) is 19.2 Å². The Bertz CT molecular complexity index is 633. The summed E-state index contributed by atoms with van der Waals surface area (Å²) in [6, 6.07) is 5.24. The molecule has 158 valence electrons. The summed E-state index contributed by atoms with van der Waals surface area (Å²) < 4.78 is 35.1. The number of nitrogens with zero attached hydrogens (tertiary/aromatic N) is 2. The van der Waals surface area contributed by atoms with Crippen LogP contribution in [0.15, 0.2) is 23.2 Å². The number of ether oxygens (including phenoxy) is 2. The molecule has 1 saturated heterocycles. The SMILES string of the molecule is CN=C(NCc1ccc(OC)cc1OC(F)F)NC1CCN(CC(C)C)CC1. The number of methoxy groups -OCH3 is 1. The molecule has 0 aromatic heterocycles. The van der Waals surface area contributed by atoms with Crippen LogP contribution in [0, 0.1) is 5.92 Å². The molecule has 0 spiro atoms. The molecule has 0 saturated carbocycles. The molecule has 1 aromatic rings. The Kier molecular flexibility index (Phi) is 8.76. The second kappa shape index (κ2) is 11.0. The van der Waals surface area contributed by atoms with Crippen LogP contribution in [-0.2, 0) is 6.54 Å². The number of nitrogens with one attached hydrogen (secondary N) is 2. The number of rotatable bonds is 8. The molecule has 8 heteroatoms. The molecule has 1 heterocycles. The number of guanidine groups is 1. The van der Waals surface area contributed by atoms with Crippen molar-refractivity contribution in [2.24, 2.45) is 10.9 Å². The summed E-state index contributed by atoms with van der Waals surface area (Å²) in [4.78, 5) is 6.75. The van der Waals surface area contributed by atoms with E-state index in [0.717, 1.165) is 32.5 Å². The van der Waals surface area contributed by atoms with Crippen molar-refractivity contribution in [2.45, 2.75) is 45.9 Å². The Labute approximate surface area is 166 Å². The first kappa shape index (κ1) is 22.2. The molecule has 28 heavy (non-hydrogen) atoms. The first-order valence-electron chi connectivity index (χ1n) is 9.72. The van der Waals surface area contributed by atoms with Gasteiger partial charge in [0.25, 0.3) is 0 Å². The van der Waals surface area contributed by atoms with Gasteiger partial charge in [0.05, 0.1) is 7.11 Å². The van der Waals surface area contributed by atoms with E-state index in [1.807, 2.05) is 0 Å². The number of halogens is 2. The third kappa shape index (κ3) is 7.14. The summed E-state index contributed by atoms with van der Waals surface area (Å²) >= 11 is 0. The molecule has 1 aromatic carbocycles. The predicted octanol–water partition coefficient (Wildman–Crippen LogP) is 3.08. The lowest BCUT2D eigenvalue weighted by Crippen LogP contribution is -2.49. The van der Waals surface area contributed by atoms with Gasteiger partial charge in [-0.2, -0.15) is 8.78 Å². The van der Waals surface area contributed by atoms with Crippen molar-refractivity contribution in [3.05, 3.63) is 23.8 Å². The Morgan fingerprint density at radius 3 is 2.57 bits per heavy atom. The molecule has 2 N–H and O–H groups in total. The average molecular weight is 398 g/mol. The fraction of sp³-hybridized carbons (Fsp3) is 0.650. The highest BCUT2D eigenvalue weighted by molar-refractivity contribution is 5.80. The van der Waals surface area contributed by atoms with Gasteiger partial charge in [-0.05, 0) is 30.9 Å². The topological polar surface area (TPSA) is 58.1 Å². The number of likely N-dealkylation sites (tertiary alicyclic amines) is 1. The fourth-order valence-electron chi connectivity index (χ4n) is 3.36. The van der Waals surface area contributed by atoms with Crippen molar-refractivity contribution in [3.63, 3.8) is 0 Å². The molecule has 0 bridgehead atoms. The minimum absolute atomic E-state index is 0.0966. The fourth-order valence-corrected chi connectivity index (χ4v) is 3.36. The Morgan fingerprint density at radius 2 is 2.00 bits per heavy atom. The monoisotopic (exact) mass is 398 g/mol. The zero-order chi connectivity index (χ0) is 20.5. The molecule has 0 amide bonds. The van der Waals surface area contributed by atoms with E-state index in [4.69, 9.17) is 4.74 Å². The molecule has 0 radical (unpaired) electrons. The van der Waals surface area contributed by atoms with Gasteiger partial charge in [0.15, 0.2) is 5.96 Å². The quantitative estimate of drug-likeness (QED) is 0.521. The summed E-state index contributed by atoms with van der Waals surface area (Å²) in [7, 11) is 3.19. The van der Waals surface area contributed by atoms with Gasteiger partial charge in [-0.15, -0.1) is 0 Å². The van der Waals surface area contributed by atoms with Crippen LogP contribution in [-0.4, -0.2) is 57.3 Å². The number of piperidine rings is 1. The van der Waals surface area contributed by atoms with Gasteiger partial charge in [0, 0.05) is 50.9 Å². The molecular weight excluding hydrogens is 366 g/mol. The summed E-state index contributed by atoms with van der Waals surface area (Å²) in [5.74, 6) is 1.89. The van der Waals surface area contributed by atoms with Crippen LogP contribution in [0.2, 0.25) is 0 Å². The van der Waals surface area contributed by atoms with Gasteiger partial charge in [0.2, 0.25) is 0 Å². The molecule has 2 rings (SSSR count). The lowest BCUT2D eigenvalue weighted by Gasteiger charge is -2.34. The second-order valence-corrected chi connectivity index (χ2v) is 7.39. The lowest BCUT2D eigenvalue weighted by atomic mass is 10.0.